The Bertz CT molecular complexity index is 656. The molecule has 0 radical (unpaired) electrons. The van der Waals surface area contributed by atoms with Crippen molar-refractivity contribution in [3.8, 4) is 0 Å². The Hall–Kier alpha value is -1.92. The van der Waals surface area contributed by atoms with E-state index >= 15 is 0 Å². The van der Waals surface area contributed by atoms with Crippen LogP contribution in [0.1, 0.15) is 60.9 Å². The van der Waals surface area contributed by atoms with E-state index in [0.29, 0.717) is 30.9 Å². The number of benzene rings is 1. The molecule has 0 spiro atoms. The Kier molecular flexibility index (Phi) is 7.80. The lowest BCUT2D eigenvalue weighted by Crippen LogP contribution is -2.45. The molecule has 1 aromatic carbocycles. The van der Waals surface area contributed by atoms with E-state index in [9.17, 15) is 14.4 Å². The van der Waals surface area contributed by atoms with E-state index in [2.05, 4.69) is 5.32 Å². The fourth-order valence-corrected chi connectivity index (χ4v) is 3.90. The summed E-state index contributed by atoms with van der Waals surface area (Å²) >= 11 is 0. The zero-order valence-electron chi connectivity index (χ0n) is 15.5. The second-order valence-electron chi connectivity index (χ2n) is 7.28. The number of amides is 3. The molecule has 3 N–H and O–H groups in total. The fourth-order valence-electron chi connectivity index (χ4n) is 3.90. The largest absolute Gasteiger partial charge is 0.348 e. The van der Waals surface area contributed by atoms with Crippen molar-refractivity contribution in [2.45, 2.75) is 57.5 Å². The molecule has 3 amide bonds. The third-order valence-electron chi connectivity index (χ3n) is 5.50. The van der Waals surface area contributed by atoms with E-state index in [4.69, 9.17) is 5.73 Å². The molecule has 1 aliphatic carbocycles. The molecular formula is C20H28ClN3O3. The third-order valence-corrected chi connectivity index (χ3v) is 5.50. The predicted octanol–water partition coefficient (Wildman–Crippen LogP) is 2.39. The summed E-state index contributed by atoms with van der Waals surface area (Å²) in [5.74, 6) is 0.0836. The van der Waals surface area contributed by atoms with Gasteiger partial charge in [0, 0.05) is 31.0 Å². The van der Waals surface area contributed by atoms with Crippen molar-refractivity contribution in [1.29, 1.82) is 0 Å². The predicted molar refractivity (Wildman–Crippen MR) is 105 cm³/mol. The van der Waals surface area contributed by atoms with Crippen molar-refractivity contribution >= 4 is 30.1 Å². The highest BCUT2D eigenvalue weighted by molar-refractivity contribution is 6.01. The Morgan fingerprint density at radius 3 is 2.22 bits per heavy atom. The number of nitrogens with two attached hydrogens (primary N) is 1. The second kappa shape index (κ2) is 9.85. The third kappa shape index (κ3) is 5.30. The molecule has 0 aromatic heterocycles. The molecule has 1 unspecified atom stereocenters. The van der Waals surface area contributed by atoms with Gasteiger partial charge in [0.2, 0.25) is 11.8 Å². The van der Waals surface area contributed by atoms with E-state index in [1.807, 2.05) is 0 Å². The number of hydrogen-bond acceptors (Lipinski definition) is 4. The van der Waals surface area contributed by atoms with Crippen LogP contribution in [0.3, 0.4) is 0 Å². The summed E-state index contributed by atoms with van der Waals surface area (Å²) in [6, 6.07) is 7.09. The van der Waals surface area contributed by atoms with Gasteiger partial charge in [-0.15, -0.1) is 12.4 Å². The van der Waals surface area contributed by atoms with Gasteiger partial charge in [0.25, 0.3) is 5.91 Å². The first-order valence-corrected chi connectivity index (χ1v) is 9.51. The summed E-state index contributed by atoms with van der Waals surface area (Å²) in [5, 5.41) is 3.08. The van der Waals surface area contributed by atoms with Gasteiger partial charge in [0.1, 0.15) is 0 Å². The molecule has 1 saturated heterocycles. The fraction of sp³-hybridized carbons (Fsp3) is 0.550. The number of rotatable bonds is 6. The quantitative estimate of drug-likeness (QED) is 0.726. The summed E-state index contributed by atoms with van der Waals surface area (Å²) in [5.41, 5.74) is 7.30. The molecule has 27 heavy (non-hydrogen) atoms. The summed E-state index contributed by atoms with van der Waals surface area (Å²) in [6.45, 7) is 0.723. The summed E-state index contributed by atoms with van der Waals surface area (Å²) < 4.78 is 0. The Labute approximate surface area is 166 Å². The van der Waals surface area contributed by atoms with Gasteiger partial charge in [0.15, 0.2) is 0 Å². The number of nitrogens with zero attached hydrogens (tertiary/aromatic N) is 1. The second-order valence-corrected chi connectivity index (χ2v) is 7.28. The zero-order chi connectivity index (χ0) is 18.5. The van der Waals surface area contributed by atoms with Crippen LogP contribution in [0.2, 0.25) is 0 Å². The maximum Gasteiger partial charge on any atom is 0.251 e. The number of halogens is 1. The van der Waals surface area contributed by atoms with Crippen LogP contribution in [-0.2, 0) is 16.1 Å². The van der Waals surface area contributed by atoms with E-state index < -0.39 is 0 Å². The van der Waals surface area contributed by atoms with Crippen molar-refractivity contribution in [1.82, 2.24) is 10.2 Å². The lowest BCUT2D eigenvalue weighted by Gasteiger charge is -2.30. The molecule has 148 valence electrons. The average molecular weight is 394 g/mol. The SMILES string of the molecule is Cl.NCC(NC(=O)c1ccc(CN2C(=O)CCC2=O)cc1)C1CCCCC1. The van der Waals surface area contributed by atoms with E-state index in [0.717, 1.165) is 18.4 Å². The first-order valence-electron chi connectivity index (χ1n) is 9.51. The molecular weight excluding hydrogens is 366 g/mol. The van der Waals surface area contributed by atoms with Crippen molar-refractivity contribution in [3.05, 3.63) is 35.4 Å². The van der Waals surface area contributed by atoms with Gasteiger partial charge < -0.3 is 11.1 Å². The van der Waals surface area contributed by atoms with Gasteiger partial charge in [0.05, 0.1) is 6.54 Å². The zero-order valence-corrected chi connectivity index (χ0v) is 16.3. The van der Waals surface area contributed by atoms with Crippen molar-refractivity contribution in [2.75, 3.05) is 6.54 Å². The molecule has 1 saturated carbocycles. The van der Waals surface area contributed by atoms with Crippen LogP contribution in [-0.4, -0.2) is 35.2 Å². The smallest absolute Gasteiger partial charge is 0.251 e. The Balaban J connectivity index is 0.00000261. The molecule has 2 aliphatic rings. The number of carbonyl (C=O) groups is 3. The van der Waals surface area contributed by atoms with Gasteiger partial charge in [-0.2, -0.15) is 0 Å². The van der Waals surface area contributed by atoms with Gasteiger partial charge in [-0.3, -0.25) is 19.3 Å². The first kappa shape index (κ1) is 21.4. The molecule has 0 bridgehead atoms. The Morgan fingerprint density at radius 2 is 1.67 bits per heavy atom. The van der Waals surface area contributed by atoms with Crippen LogP contribution in [0.25, 0.3) is 0 Å². The molecule has 3 rings (SSSR count). The molecule has 1 aromatic rings. The van der Waals surface area contributed by atoms with Crippen LogP contribution >= 0.6 is 12.4 Å². The topological polar surface area (TPSA) is 92.5 Å². The number of likely N-dealkylation sites (tertiary alicyclic amines) is 1. The van der Waals surface area contributed by atoms with Crippen LogP contribution in [0, 0.1) is 5.92 Å². The number of nitrogens with one attached hydrogen (secondary N) is 1. The monoisotopic (exact) mass is 393 g/mol. The lowest BCUT2D eigenvalue weighted by atomic mass is 9.84. The molecule has 2 fully saturated rings. The maximum atomic E-state index is 12.5. The molecule has 1 aliphatic heterocycles. The molecule has 7 heteroatoms. The number of hydrogen-bond donors (Lipinski definition) is 2. The molecule has 1 atom stereocenters. The van der Waals surface area contributed by atoms with E-state index in [1.54, 1.807) is 24.3 Å². The molecule has 1 heterocycles. The van der Waals surface area contributed by atoms with Crippen LogP contribution in [0.15, 0.2) is 24.3 Å². The lowest BCUT2D eigenvalue weighted by molar-refractivity contribution is -0.139. The molecule has 6 nitrogen and oxygen atoms in total. The normalized spacial score (nSPS) is 18.9. The highest BCUT2D eigenvalue weighted by Gasteiger charge is 2.29. The van der Waals surface area contributed by atoms with Crippen molar-refractivity contribution < 1.29 is 14.4 Å². The number of imide groups is 1. The minimum atomic E-state index is -0.130. The van der Waals surface area contributed by atoms with Gasteiger partial charge in [-0.1, -0.05) is 31.4 Å². The Morgan fingerprint density at radius 1 is 1.07 bits per heavy atom. The average Bonchev–Trinajstić information content (AvgIpc) is 2.99. The maximum absolute atomic E-state index is 12.5. The van der Waals surface area contributed by atoms with Crippen molar-refractivity contribution in [2.24, 2.45) is 11.7 Å². The van der Waals surface area contributed by atoms with Gasteiger partial charge in [-0.05, 0) is 36.5 Å². The summed E-state index contributed by atoms with van der Waals surface area (Å²) in [4.78, 5) is 37.2. The van der Waals surface area contributed by atoms with Crippen molar-refractivity contribution in [3.63, 3.8) is 0 Å². The highest BCUT2D eigenvalue weighted by atomic mass is 35.5. The summed E-state index contributed by atoms with van der Waals surface area (Å²) in [6.07, 6.45) is 6.52. The van der Waals surface area contributed by atoms with E-state index in [1.165, 1.54) is 24.2 Å². The summed E-state index contributed by atoms with van der Waals surface area (Å²) in [7, 11) is 0. The van der Waals surface area contributed by atoms with Crippen LogP contribution in [0.5, 0.6) is 0 Å². The van der Waals surface area contributed by atoms with Crippen LogP contribution in [0.4, 0.5) is 0 Å². The minimum Gasteiger partial charge on any atom is -0.348 e. The van der Waals surface area contributed by atoms with E-state index in [-0.39, 0.29) is 42.7 Å². The first-order chi connectivity index (χ1) is 12.6. The van der Waals surface area contributed by atoms with Gasteiger partial charge >= 0.3 is 0 Å². The van der Waals surface area contributed by atoms with Gasteiger partial charge in [-0.25, -0.2) is 0 Å². The number of carbonyl (C=O) groups excluding carboxylic acids is 3. The highest BCUT2D eigenvalue weighted by Crippen LogP contribution is 2.26. The minimum absolute atomic E-state index is 0. The standard InChI is InChI=1S/C20H27N3O3.ClH/c21-12-17(15-4-2-1-3-5-15)22-20(26)16-8-6-14(7-9-16)13-23-18(24)10-11-19(23)25;/h6-9,15,17H,1-5,10-13,21H2,(H,22,26);1H. The van der Waals surface area contributed by atoms with Crippen LogP contribution < -0.4 is 11.1 Å².